The van der Waals surface area contributed by atoms with Crippen LogP contribution in [0.4, 0.5) is 4.39 Å². The third-order valence-corrected chi connectivity index (χ3v) is 8.43. The quantitative estimate of drug-likeness (QED) is 0.517. The Morgan fingerprint density at radius 2 is 1.94 bits per heavy atom. The standard InChI is InChI=1S/C26H31FN4O4S/c1-18-13-31(19(2)16-32)36(33,34)26-9-8-21(22-6-4-5-7-23(22)27)10-24(26)35-25(18)15-30(3)14-20-11-28-17-29-12-20/h4-12,17-19,25,32H,13-16H2,1-3H3/t18-,19-,25+/m0/s1. The summed E-state index contributed by atoms with van der Waals surface area (Å²) in [5.74, 6) is -0.441. The molecule has 4 rings (SSSR count). The van der Waals surface area contributed by atoms with E-state index in [0.29, 0.717) is 24.2 Å². The zero-order valence-corrected chi connectivity index (χ0v) is 21.4. The van der Waals surface area contributed by atoms with Crippen LogP contribution in [0.15, 0.2) is 66.1 Å². The van der Waals surface area contributed by atoms with Crippen molar-refractivity contribution in [3.05, 3.63) is 72.6 Å². The summed E-state index contributed by atoms with van der Waals surface area (Å²) in [5.41, 5.74) is 1.82. The fourth-order valence-electron chi connectivity index (χ4n) is 4.40. The first-order chi connectivity index (χ1) is 17.2. The van der Waals surface area contributed by atoms with E-state index in [1.807, 2.05) is 14.0 Å². The van der Waals surface area contributed by atoms with Gasteiger partial charge < -0.3 is 9.84 Å². The average molecular weight is 515 g/mol. The lowest BCUT2D eigenvalue weighted by atomic mass is 10.0. The number of ether oxygens (including phenoxy) is 1. The van der Waals surface area contributed by atoms with Gasteiger partial charge >= 0.3 is 0 Å². The molecule has 0 spiro atoms. The van der Waals surface area contributed by atoms with Gasteiger partial charge in [-0.25, -0.2) is 22.8 Å². The van der Waals surface area contributed by atoms with E-state index in [1.165, 1.54) is 22.8 Å². The van der Waals surface area contributed by atoms with Gasteiger partial charge in [-0.3, -0.25) is 4.90 Å². The molecule has 1 N–H and O–H groups in total. The lowest BCUT2D eigenvalue weighted by Gasteiger charge is -2.37. The molecule has 1 aromatic heterocycles. The van der Waals surface area contributed by atoms with Crippen molar-refractivity contribution in [2.75, 3.05) is 26.7 Å². The minimum Gasteiger partial charge on any atom is -0.487 e. The second kappa shape index (κ2) is 11.0. The Morgan fingerprint density at radius 1 is 1.22 bits per heavy atom. The summed E-state index contributed by atoms with van der Waals surface area (Å²) in [5, 5.41) is 9.82. The topological polar surface area (TPSA) is 95.9 Å². The number of hydrogen-bond acceptors (Lipinski definition) is 7. The zero-order valence-electron chi connectivity index (χ0n) is 20.6. The highest BCUT2D eigenvalue weighted by molar-refractivity contribution is 7.89. The van der Waals surface area contributed by atoms with Crippen LogP contribution >= 0.6 is 0 Å². The van der Waals surface area contributed by atoms with Crippen molar-refractivity contribution in [1.82, 2.24) is 19.2 Å². The minimum atomic E-state index is -3.97. The first-order valence-electron chi connectivity index (χ1n) is 11.8. The molecule has 0 saturated carbocycles. The van der Waals surface area contributed by atoms with Crippen molar-refractivity contribution in [2.45, 2.75) is 37.4 Å². The SMILES string of the molecule is C[C@H]1CN([C@@H](C)CO)S(=O)(=O)c2ccc(-c3ccccc3F)cc2O[C@@H]1CN(C)Cc1cncnc1. The van der Waals surface area contributed by atoms with Crippen molar-refractivity contribution in [3.63, 3.8) is 0 Å². The number of sulfonamides is 1. The maximum Gasteiger partial charge on any atom is 0.247 e. The van der Waals surface area contributed by atoms with Crippen molar-refractivity contribution >= 4 is 10.0 Å². The van der Waals surface area contributed by atoms with E-state index in [2.05, 4.69) is 14.9 Å². The number of aliphatic hydroxyl groups is 1. The number of benzene rings is 2. The van der Waals surface area contributed by atoms with Crippen LogP contribution in [-0.4, -0.2) is 71.6 Å². The fourth-order valence-corrected chi connectivity index (χ4v) is 6.23. The summed E-state index contributed by atoms with van der Waals surface area (Å²) in [6.45, 7) is 4.57. The number of halogens is 1. The molecule has 2 aromatic carbocycles. The summed E-state index contributed by atoms with van der Waals surface area (Å²) >= 11 is 0. The van der Waals surface area contributed by atoms with Crippen LogP contribution in [0.1, 0.15) is 19.4 Å². The Hall–Kier alpha value is -2.92. The van der Waals surface area contributed by atoms with Gasteiger partial charge in [0.25, 0.3) is 0 Å². The number of likely N-dealkylation sites (N-methyl/N-ethyl adjacent to an activating group) is 1. The Balaban J connectivity index is 1.74. The van der Waals surface area contributed by atoms with E-state index >= 15 is 0 Å². The Morgan fingerprint density at radius 3 is 2.64 bits per heavy atom. The highest BCUT2D eigenvalue weighted by Gasteiger charge is 2.38. The van der Waals surface area contributed by atoms with Crippen LogP contribution in [0.25, 0.3) is 11.1 Å². The largest absolute Gasteiger partial charge is 0.487 e. The van der Waals surface area contributed by atoms with Crippen molar-refractivity contribution < 1.29 is 22.7 Å². The lowest BCUT2D eigenvalue weighted by Crippen LogP contribution is -2.49. The molecule has 3 aromatic rings. The third kappa shape index (κ3) is 5.57. The number of nitrogens with zero attached hydrogens (tertiary/aromatic N) is 4. The van der Waals surface area contributed by atoms with E-state index in [4.69, 9.17) is 4.74 Å². The molecule has 3 atom stereocenters. The van der Waals surface area contributed by atoms with Crippen molar-refractivity contribution in [2.24, 2.45) is 5.92 Å². The average Bonchev–Trinajstić information content (AvgIpc) is 2.86. The van der Waals surface area contributed by atoms with Crippen molar-refractivity contribution in [1.29, 1.82) is 0 Å². The molecule has 0 saturated heterocycles. The molecule has 0 amide bonds. The van der Waals surface area contributed by atoms with E-state index in [-0.39, 0.29) is 35.8 Å². The fraction of sp³-hybridized carbons (Fsp3) is 0.385. The van der Waals surface area contributed by atoms with Gasteiger partial charge in [-0.05, 0) is 37.7 Å². The number of fused-ring (bicyclic) bond motifs is 1. The molecule has 36 heavy (non-hydrogen) atoms. The Bertz CT molecular complexity index is 1290. The van der Waals surface area contributed by atoms with Crippen LogP contribution in [0.5, 0.6) is 5.75 Å². The van der Waals surface area contributed by atoms with Crippen LogP contribution in [0.2, 0.25) is 0 Å². The molecule has 2 heterocycles. The summed E-state index contributed by atoms with van der Waals surface area (Å²) in [6.07, 6.45) is 4.60. The first-order valence-corrected chi connectivity index (χ1v) is 13.3. The van der Waals surface area contributed by atoms with E-state index in [1.54, 1.807) is 49.6 Å². The lowest BCUT2D eigenvalue weighted by molar-refractivity contribution is 0.0733. The highest BCUT2D eigenvalue weighted by Crippen LogP contribution is 2.37. The van der Waals surface area contributed by atoms with Gasteiger partial charge in [0, 0.05) is 55.1 Å². The summed E-state index contributed by atoms with van der Waals surface area (Å²) in [6, 6.07) is 10.4. The summed E-state index contributed by atoms with van der Waals surface area (Å²) in [7, 11) is -2.02. The van der Waals surface area contributed by atoms with E-state index < -0.39 is 21.9 Å². The molecular formula is C26H31FN4O4S. The van der Waals surface area contributed by atoms with E-state index in [0.717, 1.165) is 5.56 Å². The van der Waals surface area contributed by atoms with Crippen LogP contribution in [0, 0.1) is 11.7 Å². The second-order valence-corrected chi connectivity index (χ2v) is 11.2. The summed E-state index contributed by atoms with van der Waals surface area (Å²) < 4.78 is 49.5. The molecule has 1 aliphatic rings. The molecule has 0 unspecified atom stereocenters. The van der Waals surface area contributed by atoms with Crippen LogP contribution in [-0.2, 0) is 16.6 Å². The summed E-state index contributed by atoms with van der Waals surface area (Å²) in [4.78, 5) is 10.2. The van der Waals surface area contributed by atoms with Gasteiger partial charge in [-0.2, -0.15) is 4.31 Å². The molecule has 1 aliphatic heterocycles. The molecular weight excluding hydrogens is 483 g/mol. The van der Waals surface area contributed by atoms with Crippen LogP contribution < -0.4 is 4.74 Å². The molecule has 0 aliphatic carbocycles. The maximum absolute atomic E-state index is 14.5. The number of aliphatic hydroxyl groups excluding tert-OH is 1. The molecule has 0 bridgehead atoms. The van der Waals surface area contributed by atoms with Gasteiger partial charge in [0.1, 0.15) is 28.9 Å². The Labute approximate surface area is 211 Å². The third-order valence-electron chi connectivity index (χ3n) is 6.41. The molecule has 8 nitrogen and oxygen atoms in total. The zero-order chi connectivity index (χ0) is 25.9. The van der Waals surface area contributed by atoms with E-state index in [9.17, 15) is 17.9 Å². The molecule has 192 valence electrons. The normalized spacial score (nSPS) is 20.7. The highest BCUT2D eigenvalue weighted by atomic mass is 32.2. The van der Waals surface area contributed by atoms with Gasteiger partial charge in [0.2, 0.25) is 10.0 Å². The minimum absolute atomic E-state index is 0.00102. The molecule has 10 heteroatoms. The smallest absolute Gasteiger partial charge is 0.247 e. The molecule has 0 radical (unpaired) electrons. The van der Waals surface area contributed by atoms with Crippen molar-refractivity contribution in [3.8, 4) is 16.9 Å². The number of aromatic nitrogens is 2. The van der Waals surface area contributed by atoms with Gasteiger partial charge in [0.15, 0.2) is 0 Å². The first kappa shape index (κ1) is 26.2. The van der Waals surface area contributed by atoms with Gasteiger partial charge in [-0.15, -0.1) is 0 Å². The second-order valence-electron chi connectivity index (χ2n) is 9.32. The number of hydrogen-bond donors (Lipinski definition) is 1. The predicted molar refractivity (Wildman–Crippen MR) is 134 cm³/mol. The number of rotatable bonds is 7. The Kier molecular flexibility index (Phi) is 7.99. The monoisotopic (exact) mass is 514 g/mol. The van der Waals surface area contributed by atoms with Gasteiger partial charge in [0.05, 0.1) is 6.61 Å². The van der Waals surface area contributed by atoms with Gasteiger partial charge in [-0.1, -0.05) is 31.2 Å². The predicted octanol–water partition coefficient (Wildman–Crippen LogP) is 3.18. The maximum atomic E-state index is 14.5. The van der Waals surface area contributed by atoms with Crippen LogP contribution in [0.3, 0.4) is 0 Å². The molecule has 0 fully saturated rings.